The van der Waals surface area contributed by atoms with Crippen molar-refractivity contribution >= 4 is 21.6 Å². The second-order valence-corrected chi connectivity index (χ2v) is 6.47. The van der Waals surface area contributed by atoms with Crippen molar-refractivity contribution in [1.82, 2.24) is 4.31 Å². The Hall–Kier alpha value is -1.13. The van der Waals surface area contributed by atoms with Crippen molar-refractivity contribution in [2.45, 2.75) is 11.3 Å². The Labute approximate surface area is 117 Å². The number of rotatable bonds is 2. The second kappa shape index (κ2) is 5.88. The molecule has 0 amide bonds. The van der Waals surface area contributed by atoms with Gasteiger partial charge in [0.1, 0.15) is 6.07 Å². The largest absolute Gasteiger partial charge is 0.380 e. The number of ether oxygens (including phenoxy) is 1. The zero-order valence-corrected chi connectivity index (χ0v) is 11.7. The fraction of sp³-hybridized carbons (Fsp3) is 0.417. The summed E-state index contributed by atoms with van der Waals surface area (Å²) >= 11 is 5.88. The van der Waals surface area contributed by atoms with E-state index in [2.05, 4.69) is 0 Å². The first kappa shape index (κ1) is 14.3. The predicted molar refractivity (Wildman–Crippen MR) is 70.4 cm³/mol. The Bertz CT molecular complexity index is 602. The molecule has 0 atom stereocenters. The molecule has 7 heteroatoms. The van der Waals surface area contributed by atoms with E-state index in [4.69, 9.17) is 21.6 Å². The number of benzene rings is 1. The van der Waals surface area contributed by atoms with Crippen LogP contribution in [0.15, 0.2) is 23.1 Å². The molecule has 1 aromatic carbocycles. The SMILES string of the molecule is N#Cc1ccc(S(=O)(=O)N2CCCOCC2)cc1Cl. The van der Waals surface area contributed by atoms with Crippen LogP contribution in [0.25, 0.3) is 0 Å². The third-order valence-electron chi connectivity index (χ3n) is 2.88. The molecule has 0 N–H and O–H groups in total. The number of hydrogen-bond donors (Lipinski definition) is 0. The monoisotopic (exact) mass is 300 g/mol. The van der Waals surface area contributed by atoms with Gasteiger partial charge in [-0.25, -0.2) is 8.42 Å². The zero-order valence-electron chi connectivity index (χ0n) is 10.2. The number of hydrogen-bond acceptors (Lipinski definition) is 4. The maximum Gasteiger partial charge on any atom is 0.243 e. The Morgan fingerprint density at radius 2 is 2.11 bits per heavy atom. The van der Waals surface area contributed by atoms with Gasteiger partial charge in [-0.1, -0.05) is 11.6 Å². The van der Waals surface area contributed by atoms with Gasteiger partial charge in [-0.3, -0.25) is 0 Å². The second-order valence-electron chi connectivity index (χ2n) is 4.12. The van der Waals surface area contributed by atoms with Crippen LogP contribution in [0.3, 0.4) is 0 Å². The van der Waals surface area contributed by atoms with E-state index in [1.807, 2.05) is 6.07 Å². The lowest BCUT2D eigenvalue weighted by Crippen LogP contribution is -2.33. The van der Waals surface area contributed by atoms with E-state index in [0.717, 1.165) is 0 Å². The highest BCUT2D eigenvalue weighted by Crippen LogP contribution is 2.23. The van der Waals surface area contributed by atoms with E-state index in [-0.39, 0.29) is 15.5 Å². The number of nitrogens with zero attached hydrogens (tertiary/aromatic N) is 2. The van der Waals surface area contributed by atoms with Crippen LogP contribution < -0.4 is 0 Å². The molecule has 2 rings (SSSR count). The number of nitriles is 1. The van der Waals surface area contributed by atoms with Gasteiger partial charge in [-0.15, -0.1) is 0 Å². The van der Waals surface area contributed by atoms with Gasteiger partial charge < -0.3 is 4.74 Å². The Kier molecular flexibility index (Phi) is 4.42. The molecule has 1 heterocycles. The summed E-state index contributed by atoms with van der Waals surface area (Å²) in [6.45, 7) is 1.73. The molecule has 0 spiro atoms. The molecule has 102 valence electrons. The van der Waals surface area contributed by atoms with Crippen molar-refractivity contribution in [2.75, 3.05) is 26.3 Å². The first-order valence-corrected chi connectivity index (χ1v) is 7.65. The van der Waals surface area contributed by atoms with Gasteiger partial charge >= 0.3 is 0 Å². The predicted octanol–water partition coefficient (Wildman–Crippen LogP) is 1.62. The smallest absolute Gasteiger partial charge is 0.243 e. The van der Waals surface area contributed by atoms with Gasteiger partial charge in [0.2, 0.25) is 10.0 Å². The van der Waals surface area contributed by atoms with Crippen LogP contribution in [0, 0.1) is 11.3 Å². The standard InChI is InChI=1S/C12H13ClN2O3S/c13-12-8-11(3-2-10(12)9-14)19(16,17)15-4-1-6-18-7-5-15/h2-3,8H,1,4-7H2. The molecule has 1 aromatic rings. The molecule has 0 radical (unpaired) electrons. The van der Waals surface area contributed by atoms with Crippen LogP contribution in [0.4, 0.5) is 0 Å². The van der Waals surface area contributed by atoms with Gasteiger partial charge in [0.25, 0.3) is 0 Å². The third kappa shape index (κ3) is 3.07. The molecular weight excluding hydrogens is 288 g/mol. The normalized spacial score (nSPS) is 17.7. The van der Waals surface area contributed by atoms with Crippen molar-refractivity contribution in [3.8, 4) is 6.07 Å². The number of sulfonamides is 1. The molecule has 5 nitrogen and oxygen atoms in total. The topological polar surface area (TPSA) is 70.4 Å². The van der Waals surface area contributed by atoms with E-state index in [9.17, 15) is 8.42 Å². The van der Waals surface area contributed by atoms with Gasteiger partial charge in [0, 0.05) is 19.7 Å². The van der Waals surface area contributed by atoms with Crippen LogP contribution in [0.2, 0.25) is 5.02 Å². The molecule has 1 fully saturated rings. The summed E-state index contributed by atoms with van der Waals surface area (Å²) in [5.74, 6) is 0. The van der Waals surface area contributed by atoms with Gasteiger partial charge in [-0.2, -0.15) is 9.57 Å². The summed E-state index contributed by atoms with van der Waals surface area (Å²) in [4.78, 5) is 0.110. The lowest BCUT2D eigenvalue weighted by molar-refractivity contribution is 0.148. The first-order chi connectivity index (χ1) is 9.05. The van der Waals surface area contributed by atoms with Crippen molar-refractivity contribution in [3.05, 3.63) is 28.8 Å². The lowest BCUT2D eigenvalue weighted by Gasteiger charge is -2.19. The molecular formula is C12H13ClN2O3S. The maximum absolute atomic E-state index is 12.4. The van der Waals surface area contributed by atoms with E-state index >= 15 is 0 Å². The molecule has 1 aliphatic rings. The van der Waals surface area contributed by atoms with Crippen molar-refractivity contribution in [2.24, 2.45) is 0 Å². The Morgan fingerprint density at radius 3 is 2.79 bits per heavy atom. The Morgan fingerprint density at radius 1 is 1.32 bits per heavy atom. The van der Waals surface area contributed by atoms with Crippen LogP contribution in [-0.2, 0) is 14.8 Å². The van der Waals surface area contributed by atoms with Crippen molar-refractivity contribution in [3.63, 3.8) is 0 Å². The van der Waals surface area contributed by atoms with Crippen molar-refractivity contribution in [1.29, 1.82) is 5.26 Å². The van der Waals surface area contributed by atoms with Crippen LogP contribution in [0.1, 0.15) is 12.0 Å². The van der Waals surface area contributed by atoms with Crippen LogP contribution in [0.5, 0.6) is 0 Å². The highest BCUT2D eigenvalue weighted by atomic mass is 35.5. The summed E-state index contributed by atoms with van der Waals surface area (Å²) < 4.78 is 31.5. The zero-order chi connectivity index (χ0) is 13.9. The summed E-state index contributed by atoms with van der Waals surface area (Å²) in [5, 5.41) is 8.94. The summed E-state index contributed by atoms with van der Waals surface area (Å²) in [6.07, 6.45) is 0.670. The molecule has 1 saturated heterocycles. The highest BCUT2D eigenvalue weighted by molar-refractivity contribution is 7.89. The minimum atomic E-state index is -3.57. The molecule has 0 aliphatic carbocycles. The molecule has 19 heavy (non-hydrogen) atoms. The summed E-state index contributed by atoms with van der Waals surface area (Å²) in [6, 6.07) is 6.05. The molecule has 0 unspecified atom stereocenters. The lowest BCUT2D eigenvalue weighted by atomic mass is 10.2. The van der Waals surface area contributed by atoms with Gasteiger partial charge in [-0.05, 0) is 24.6 Å². The third-order valence-corrected chi connectivity index (χ3v) is 5.09. The highest BCUT2D eigenvalue weighted by Gasteiger charge is 2.25. The average molecular weight is 301 g/mol. The van der Waals surface area contributed by atoms with Crippen molar-refractivity contribution < 1.29 is 13.2 Å². The van der Waals surface area contributed by atoms with Crippen LogP contribution >= 0.6 is 11.6 Å². The Balaban J connectivity index is 2.33. The van der Waals surface area contributed by atoms with E-state index < -0.39 is 10.0 Å². The average Bonchev–Trinajstić information content (AvgIpc) is 2.67. The minimum absolute atomic E-state index is 0.110. The molecule has 0 bridgehead atoms. The maximum atomic E-state index is 12.4. The summed E-state index contributed by atoms with van der Waals surface area (Å²) in [7, 11) is -3.57. The van der Waals surface area contributed by atoms with Crippen LogP contribution in [-0.4, -0.2) is 39.0 Å². The molecule has 0 aromatic heterocycles. The van der Waals surface area contributed by atoms with Gasteiger partial charge in [0.15, 0.2) is 0 Å². The fourth-order valence-electron chi connectivity index (χ4n) is 1.86. The van der Waals surface area contributed by atoms with E-state index in [1.165, 1.54) is 22.5 Å². The number of halogens is 1. The molecule has 0 saturated carbocycles. The fourth-order valence-corrected chi connectivity index (χ4v) is 3.64. The minimum Gasteiger partial charge on any atom is -0.380 e. The molecule has 1 aliphatic heterocycles. The first-order valence-electron chi connectivity index (χ1n) is 5.83. The van der Waals surface area contributed by atoms with Gasteiger partial charge in [0.05, 0.1) is 22.1 Å². The summed E-state index contributed by atoms with van der Waals surface area (Å²) in [5.41, 5.74) is 0.264. The van der Waals surface area contributed by atoms with E-state index in [1.54, 1.807) is 0 Å². The van der Waals surface area contributed by atoms with E-state index in [0.29, 0.717) is 32.7 Å². The quantitative estimate of drug-likeness (QED) is 0.832.